The first-order valence-electron chi connectivity index (χ1n) is 4.24. The van der Waals surface area contributed by atoms with Gasteiger partial charge in [-0.05, 0) is 12.8 Å². The topological polar surface area (TPSA) is 57.2 Å². The van der Waals surface area contributed by atoms with E-state index in [1.54, 1.807) is 21.6 Å². The molecule has 8 heteroatoms. The summed E-state index contributed by atoms with van der Waals surface area (Å²) in [5, 5.41) is 0. The van der Waals surface area contributed by atoms with Gasteiger partial charge in [-0.3, -0.25) is 0 Å². The molecule has 0 N–H and O–H groups in total. The molecule has 0 radical (unpaired) electrons. The second-order valence-electron chi connectivity index (χ2n) is 2.61. The normalized spacial score (nSPS) is 10.3. The fraction of sp³-hybridized carbons (Fsp3) is 1.00. The van der Waals surface area contributed by atoms with E-state index < -0.39 is 10.1 Å². The van der Waals surface area contributed by atoms with Gasteiger partial charge in [-0.25, -0.2) is 8.42 Å². The Labute approximate surface area is 147 Å². The third-order valence-corrected chi connectivity index (χ3v) is 4.65. The molecule has 0 aliphatic carbocycles. The standard InChI is InChI=1S/C7H16O3S3.2Na.H/c1-2-3-5-11-12-6-4-7-13(8,9)10;;;/h2-7H2,1H3,(H,8,9,10);;;/q;2*+1;-1/p-1. The van der Waals surface area contributed by atoms with E-state index >= 15 is 0 Å². The van der Waals surface area contributed by atoms with Crippen LogP contribution in [0.1, 0.15) is 27.6 Å². The molecular weight excluding hydrogens is 274 g/mol. The molecule has 15 heavy (non-hydrogen) atoms. The van der Waals surface area contributed by atoms with E-state index in [0.717, 1.165) is 11.5 Å². The molecule has 0 rings (SSSR count). The molecule has 0 saturated carbocycles. The Morgan fingerprint density at radius 1 is 1.13 bits per heavy atom. The second kappa shape index (κ2) is 14.7. The number of hydrogen-bond donors (Lipinski definition) is 0. The SMILES string of the molecule is CCCCSSCCCS(=O)(=O)[O-].[H-].[Na+].[Na+]. The first-order chi connectivity index (χ1) is 6.06. The van der Waals surface area contributed by atoms with Crippen molar-refractivity contribution in [2.75, 3.05) is 17.3 Å². The van der Waals surface area contributed by atoms with Gasteiger partial charge in [0.2, 0.25) is 0 Å². The average molecular weight is 290 g/mol. The summed E-state index contributed by atoms with van der Waals surface area (Å²) in [6.07, 6.45) is 2.84. The first-order valence-corrected chi connectivity index (χ1v) is 8.31. The van der Waals surface area contributed by atoms with Crippen LogP contribution < -0.4 is 59.1 Å². The maximum Gasteiger partial charge on any atom is 1.00 e. The van der Waals surface area contributed by atoms with Crippen LogP contribution in [0.2, 0.25) is 0 Å². The Kier molecular flexibility index (Phi) is 22.3. The van der Waals surface area contributed by atoms with Gasteiger partial charge in [0.1, 0.15) is 0 Å². The van der Waals surface area contributed by atoms with Gasteiger partial charge in [0.05, 0.1) is 10.1 Å². The molecule has 0 unspecified atom stereocenters. The van der Waals surface area contributed by atoms with E-state index in [0.29, 0.717) is 6.42 Å². The summed E-state index contributed by atoms with van der Waals surface area (Å²) < 4.78 is 30.6. The first kappa shape index (κ1) is 22.8. The molecule has 0 aromatic heterocycles. The average Bonchev–Trinajstić information content (AvgIpc) is 2.01. The van der Waals surface area contributed by atoms with Crippen LogP contribution in [0.3, 0.4) is 0 Å². The summed E-state index contributed by atoms with van der Waals surface area (Å²) in [6.45, 7) is 2.13. The molecule has 3 nitrogen and oxygen atoms in total. The summed E-state index contributed by atoms with van der Waals surface area (Å²) in [7, 11) is -0.599. The Morgan fingerprint density at radius 3 is 2.00 bits per heavy atom. The minimum atomic E-state index is -3.99. The van der Waals surface area contributed by atoms with Crippen LogP contribution in [0.15, 0.2) is 0 Å². The molecule has 0 fully saturated rings. The molecule has 0 aliphatic rings. The van der Waals surface area contributed by atoms with Gasteiger partial charge in [0, 0.05) is 17.3 Å². The summed E-state index contributed by atoms with van der Waals surface area (Å²) in [5.41, 5.74) is 0. The second-order valence-corrected chi connectivity index (χ2v) is 6.84. The molecule has 0 aliphatic heterocycles. The van der Waals surface area contributed by atoms with Gasteiger partial charge >= 0.3 is 59.1 Å². The van der Waals surface area contributed by atoms with E-state index in [2.05, 4.69) is 6.92 Å². The van der Waals surface area contributed by atoms with Crippen LogP contribution in [-0.2, 0) is 10.1 Å². The zero-order valence-corrected chi connectivity index (χ0v) is 16.1. The Bertz CT molecular complexity index is 215. The predicted octanol–water partition coefficient (Wildman–Crippen LogP) is -3.78. The minimum Gasteiger partial charge on any atom is -1.00 e. The monoisotopic (exact) mass is 290 g/mol. The van der Waals surface area contributed by atoms with Gasteiger partial charge in [0.15, 0.2) is 0 Å². The predicted molar refractivity (Wildman–Crippen MR) is 60.1 cm³/mol. The molecule has 82 valence electrons. The third-order valence-electron chi connectivity index (χ3n) is 1.29. The van der Waals surface area contributed by atoms with Crippen molar-refractivity contribution in [3.63, 3.8) is 0 Å². The van der Waals surface area contributed by atoms with Crippen molar-refractivity contribution in [3.8, 4) is 0 Å². The van der Waals surface area contributed by atoms with Crippen molar-refractivity contribution >= 4 is 31.7 Å². The fourth-order valence-electron chi connectivity index (χ4n) is 0.616. The summed E-state index contributed by atoms with van der Waals surface area (Å²) in [4.78, 5) is 0. The van der Waals surface area contributed by atoms with Crippen LogP contribution >= 0.6 is 21.6 Å². The van der Waals surface area contributed by atoms with Crippen LogP contribution in [0, 0.1) is 0 Å². The van der Waals surface area contributed by atoms with Crippen molar-refractivity contribution in [1.82, 2.24) is 0 Å². The van der Waals surface area contributed by atoms with Crippen molar-refractivity contribution in [2.24, 2.45) is 0 Å². The number of rotatable bonds is 8. The molecular formula is C7H16Na2O3S3. The molecule has 0 aromatic carbocycles. The summed E-state index contributed by atoms with van der Waals surface area (Å²) in [5.74, 6) is 1.62. The molecule has 0 saturated heterocycles. The van der Waals surface area contributed by atoms with Gasteiger partial charge in [-0.1, -0.05) is 34.9 Å². The number of unbranched alkanes of at least 4 members (excludes halogenated alkanes) is 1. The van der Waals surface area contributed by atoms with Crippen LogP contribution in [-0.4, -0.2) is 30.2 Å². The molecule has 0 spiro atoms. The minimum absolute atomic E-state index is 0. The van der Waals surface area contributed by atoms with E-state index in [-0.39, 0.29) is 66.3 Å². The molecule has 0 aromatic rings. The van der Waals surface area contributed by atoms with Gasteiger partial charge in [0.25, 0.3) is 0 Å². The maximum atomic E-state index is 10.2. The molecule has 0 bridgehead atoms. The van der Waals surface area contributed by atoms with Crippen molar-refractivity contribution in [3.05, 3.63) is 0 Å². The van der Waals surface area contributed by atoms with Crippen molar-refractivity contribution < 1.29 is 73.5 Å². The van der Waals surface area contributed by atoms with Crippen molar-refractivity contribution in [1.29, 1.82) is 0 Å². The van der Waals surface area contributed by atoms with Crippen LogP contribution in [0.4, 0.5) is 0 Å². The van der Waals surface area contributed by atoms with Crippen LogP contribution in [0.5, 0.6) is 0 Å². The third kappa shape index (κ3) is 22.3. The summed E-state index contributed by atoms with van der Waals surface area (Å²) >= 11 is 0. The van der Waals surface area contributed by atoms with Gasteiger partial charge in [-0.2, -0.15) is 0 Å². The zero-order chi connectivity index (χ0) is 10.2. The van der Waals surface area contributed by atoms with Gasteiger partial charge in [-0.15, -0.1) is 0 Å². The fourth-order valence-corrected chi connectivity index (χ4v) is 3.61. The Hall–Kier alpha value is 2.61. The van der Waals surface area contributed by atoms with E-state index in [4.69, 9.17) is 0 Å². The zero-order valence-electron chi connectivity index (χ0n) is 10.7. The molecule has 0 atom stereocenters. The van der Waals surface area contributed by atoms with Crippen molar-refractivity contribution in [2.45, 2.75) is 26.2 Å². The summed E-state index contributed by atoms with van der Waals surface area (Å²) in [6, 6.07) is 0. The van der Waals surface area contributed by atoms with E-state index in [1.807, 2.05) is 0 Å². The largest absolute Gasteiger partial charge is 1.00 e. The quantitative estimate of drug-likeness (QED) is 0.199. The smallest absolute Gasteiger partial charge is 1.00 e. The Balaban J connectivity index is -0.000000240. The Morgan fingerprint density at radius 2 is 1.60 bits per heavy atom. The number of hydrogen-bond acceptors (Lipinski definition) is 5. The van der Waals surface area contributed by atoms with E-state index in [9.17, 15) is 13.0 Å². The molecule has 0 heterocycles. The maximum absolute atomic E-state index is 10.2. The van der Waals surface area contributed by atoms with Gasteiger partial charge < -0.3 is 5.98 Å². The molecule has 0 amide bonds. The van der Waals surface area contributed by atoms with E-state index in [1.165, 1.54) is 12.8 Å². The van der Waals surface area contributed by atoms with Crippen LogP contribution in [0.25, 0.3) is 0 Å².